The molecule has 0 aliphatic heterocycles. The van der Waals surface area contributed by atoms with Crippen LogP contribution in [0.3, 0.4) is 0 Å². The molecule has 0 aromatic heterocycles. The van der Waals surface area contributed by atoms with Gasteiger partial charge in [-0.05, 0) is 30.7 Å². The molecule has 4 heteroatoms. The number of quaternary nitrogens is 1. The van der Waals surface area contributed by atoms with Crippen molar-refractivity contribution in [2.75, 3.05) is 0 Å². The number of hydrogen-bond acceptors (Lipinski definition) is 2. The summed E-state index contributed by atoms with van der Waals surface area (Å²) in [5.74, 6) is -1.75. The van der Waals surface area contributed by atoms with E-state index in [1.54, 1.807) is 13.0 Å². The molecule has 0 heterocycles. The van der Waals surface area contributed by atoms with E-state index in [0.717, 1.165) is 6.07 Å². The summed E-state index contributed by atoms with van der Waals surface area (Å²) in [5, 5.41) is 10.4. The van der Waals surface area contributed by atoms with Gasteiger partial charge in [-0.3, -0.25) is 0 Å². The molecule has 0 spiro atoms. The average molecular weight is 183 g/mol. The molecule has 0 radical (unpaired) electrons. The highest BCUT2D eigenvalue weighted by Gasteiger charge is 2.11. The van der Waals surface area contributed by atoms with Gasteiger partial charge in [-0.25, -0.2) is 4.39 Å². The van der Waals surface area contributed by atoms with Gasteiger partial charge in [0.2, 0.25) is 0 Å². The van der Waals surface area contributed by atoms with Crippen molar-refractivity contribution >= 4 is 5.97 Å². The van der Waals surface area contributed by atoms with Crippen LogP contribution in [0.1, 0.15) is 17.2 Å². The number of hydrogen-bond donors (Lipinski definition) is 1. The standard InChI is InChI=1S/C9H10FNO2/c1-5-2-6(4-7(10)3-5)8(11)9(12)13/h2-4,8H,11H2,1H3,(H,12,13)/t8-/m0/s1. The molecular formula is C9H10FNO2. The lowest BCUT2D eigenvalue weighted by atomic mass is 10.1. The fourth-order valence-electron chi connectivity index (χ4n) is 1.10. The van der Waals surface area contributed by atoms with Crippen molar-refractivity contribution in [2.24, 2.45) is 0 Å². The average Bonchev–Trinajstić information content (AvgIpc) is 2.01. The van der Waals surface area contributed by atoms with Crippen LogP contribution in [-0.2, 0) is 4.79 Å². The van der Waals surface area contributed by atoms with E-state index in [9.17, 15) is 14.3 Å². The lowest BCUT2D eigenvalue weighted by molar-refractivity contribution is -0.443. The molecule has 1 rings (SSSR count). The summed E-state index contributed by atoms with van der Waals surface area (Å²) in [6.07, 6.45) is 0. The van der Waals surface area contributed by atoms with E-state index in [2.05, 4.69) is 5.73 Å². The third-order valence-electron chi connectivity index (χ3n) is 1.75. The van der Waals surface area contributed by atoms with Gasteiger partial charge in [-0.2, -0.15) is 0 Å². The van der Waals surface area contributed by atoms with Crippen molar-refractivity contribution in [1.82, 2.24) is 0 Å². The molecule has 0 fully saturated rings. The van der Waals surface area contributed by atoms with E-state index in [1.165, 1.54) is 6.07 Å². The van der Waals surface area contributed by atoms with Crippen molar-refractivity contribution in [3.63, 3.8) is 0 Å². The normalized spacial score (nSPS) is 12.5. The van der Waals surface area contributed by atoms with Crippen molar-refractivity contribution in [2.45, 2.75) is 13.0 Å². The molecule has 0 aliphatic rings. The second-order valence-corrected chi connectivity index (χ2v) is 2.93. The molecule has 1 aromatic carbocycles. The van der Waals surface area contributed by atoms with Crippen LogP contribution in [-0.4, -0.2) is 5.97 Å². The summed E-state index contributed by atoms with van der Waals surface area (Å²) in [6.45, 7) is 1.69. The summed E-state index contributed by atoms with van der Waals surface area (Å²) in [5.41, 5.74) is 4.36. The second kappa shape index (κ2) is 3.53. The second-order valence-electron chi connectivity index (χ2n) is 2.93. The van der Waals surface area contributed by atoms with Crippen LogP contribution in [0, 0.1) is 12.7 Å². The largest absolute Gasteiger partial charge is 0.544 e. The number of benzene rings is 1. The molecule has 70 valence electrons. The quantitative estimate of drug-likeness (QED) is 0.650. The van der Waals surface area contributed by atoms with E-state index in [-0.39, 0.29) is 0 Å². The Kier molecular flexibility index (Phi) is 2.63. The maximum absolute atomic E-state index is 12.8. The molecule has 1 atom stereocenters. The molecule has 1 aromatic rings. The minimum atomic E-state index is -1.30. The Labute approximate surface area is 75.0 Å². The number of carbonyl (C=O) groups is 1. The Bertz CT molecular complexity index is 318. The third-order valence-corrected chi connectivity index (χ3v) is 1.75. The van der Waals surface area contributed by atoms with Crippen molar-refractivity contribution < 1.29 is 20.0 Å². The molecule has 0 aliphatic carbocycles. The smallest absolute Gasteiger partial charge is 0.150 e. The number of carbonyl (C=O) groups excluding carboxylic acids is 1. The fraction of sp³-hybridized carbons (Fsp3) is 0.222. The van der Waals surface area contributed by atoms with Gasteiger partial charge in [0.1, 0.15) is 11.8 Å². The van der Waals surface area contributed by atoms with Crippen LogP contribution in [0.15, 0.2) is 18.2 Å². The molecule has 3 N–H and O–H groups in total. The first-order valence-corrected chi connectivity index (χ1v) is 3.81. The van der Waals surface area contributed by atoms with Crippen LogP contribution in [0.5, 0.6) is 0 Å². The summed E-state index contributed by atoms with van der Waals surface area (Å²) >= 11 is 0. The summed E-state index contributed by atoms with van der Waals surface area (Å²) in [7, 11) is 0. The first-order chi connectivity index (χ1) is 6.00. The van der Waals surface area contributed by atoms with E-state index in [1.807, 2.05) is 0 Å². The zero-order valence-electron chi connectivity index (χ0n) is 7.21. The SMILES string of the molecule is Cc1cc(F)cc([C@H]([NH3+])C(=O)[O-])c1. The Hall–Kier alpha value is -1.42. The number of rotatable bonds is 2. The van der Waals surface area contributed by atoms with Gasteiger partial charge in [-0.1, -0.05) is 0 Å². The molecule has 3 nitrogen and oxygen atoms in total. The van der Waals surface area contributed by atoms with Gasteiger partial charge in [0.15, 0.2) is 6.04 Å². The zero-order chi connectivity index (χ0) is 10.0. The van der Waals surface area contributed by atoms with E-state index >= 15 is 0 Å². The van der Waals surface area contributed by atoms with Crippen LogP contribution < -0.4 is 10.8 Å². The van der Waals surface area contributed by atoms with Crippen LogP contribution in [0.4, 0.5) is 4.39 Å². The van der Waals surface area contributed by atoms with Crippen LogP contribution in [0.25, 0.3) is 0 Å². The van der Waals surface area contributed by atoms with E-state index in [0.29, 0.717) is 11.1 Å². The van der Waals surface area contributed by atoms with Crippen molar-refractivity contribution in [3.05, 3.63) is 35.1 Å². The van der Waals surface area contributed by atoms with Gasteiger partial charge >= 0.3 is 0 Å². The number of aliphatic carboxylic acids is 1. The van der Waals surface area contributed by atoms with Gasteiger partial charge in [0.05, 0.1) is 0 Å². The summed E-state index contributed by atoms with van der Waals surface area (Å²) in [6, 6.07) is 3.04. The first-order valence-electron chi connectivity index (χ1n) is 3.81. The minimum absolute atomic E-state index is 0.331. The van der Waals surface area contributed by atoms with Gasteiger partial charge in [0, 0.05) is 5.56 Å². The molecule has 0 saturated heterocycles. The Morgan fingerprint density at radius 3 is 2.62 bits per heavy atom. The van der Waals surface area contributed by atoms with Crippen molar-refractivity contribution in [3.8, 4) is 0 Å². The Balaban J connectivity index is 3.07. The van der Waals surface area contributed by atoms with Gasteiger partial charge in [-0.15, -0.1) is 0 Å². The van der Waals surface area contributed by atoms with E-state index < -0.39 is 17.8 Å². The maximum Gasteiger partial charge on any atom is 0.150 e. The third kappa shape index (κ3) is 2.26. The van der Waals surface area contributed by atoms with Gasteiger partial charge in [0.25, 0.3) is 0 Å². The Morgan fingerprint density at radius 2 is 2.15 bits per heavy atom. The highest BCUT2D eigenvalue weighted by atomic mass is 19.1. The maximum atomic E-state index is 12.8. The summed E-state index contributed by atoms with van der Waals surface area (Å²) < 4.78 is 12.8. The predicted molar refractivity (Wildman–Crippen MR) is 41.8 cm³/mol. The topological polar surface area (TPSA) is 67.8 Å². The molecule has 0 amide bonds. The number of carboxylic acids is 1. The van der Waals surface area contributed by atoms with Gasteiger partial charge < -0.3 is 15.6 Å². The van der Waals surface area contributed by atoms with Crippen molar-refractivity contribution in [1.29, 1.82) is 0 Å². The fourth-order valence-corrected chi connectivity index (χ4v) is 1.10. The molecule has 0 bridgehead atoms. The van der Waals surface area contributed by atoms with Crippen LogP contribution >= 0.6 is 0 Å². The number of aryl methyl sites for hydroxylation is 1. The minimum Gasteiger partial charge on any atom is -0.544 e. The number of halogens is 1. The highest BCUT2D eigenvalue weighted by molar-refractivity contribution is 5.71. The molecule has 0 saturated carbocycles. The lowest BCUT2D eigenvalue weighted by Crippen LogP contribution is -2.61. The number of carboxylic acid groups (broad SMARTS) is 1. The first kappa shape index (κ1) is 9.67. The van der Waals surface area contributed by atoms with E-state index in [4.69, 9.17) is 0 Å². The zero-order valence-corrected chi connectivity index (χ0v) is 7.21. The molecule has 13 heavy (non-hydrogen) atoms. The van der Waals surface area contributed by atoms with Crippen LogP contribution in [0.2, 0.25) is 0 Å². The molecular weight excluding hydrogens is 173 g/mol. The lowest BCUT2D eigenvalue weighted by Gasteiger charge is -2.10. The predicted octanol–water partition coefficient (Wildman–Crippen LogP) is -0.833. The Morgan fingerprint density at radius 1 is 1.54 bits per heavy atom. The highest BCUT2D eigenvalue weighted by Crippen LogP contribution is 2.12. The summed E-state index contributed by atoms with van der Waals surface area (Å²) in [4.78, 5) is 10.4. The molecule has 0 unspecified atom stereocenters. The monoisotopic (exact) mass is 183 g/mol.